The van der Waals surface area contributed by atoms with E-state index < -0.39 is 23.8 Å². The minimum absolute atomic E-state index is 0.282. The molecule has 0 amide bonds. The number of halogens is 1. The van der Waals surface area contributed by atoms with Crippen LogP contribution in [0.5, 0.6) is 0 Å². The molecule has 8 heteroatoms. The largest absolute Gasteiger partial charge is 0.382 e. The van der Waals surface area contributed by atoms with Crippen molar-refractivity contribution >= 4 is 29.6 Å². The Morgan fingerprint density at radius 3 is 2.79 bits per heavy atom. The maximum atomic E-state index is 14.7. The average Bonchev–Trinajstić information content (AvgIpc) is 3.13. The third-order valence-electron chi connectivity index (χ3n) is 4.23. The van der Waals surface area contributed by atoms with Gasteiger partial charge in [-0.2, -0.15) is 12.6 Å². The van der Waals surface area contributed by atoms with Crippen LogP contribution in [0, 0.1) is 0 Å². The van der Waals surface area contributed by atoms with E-state index in [1.165, 1.54) is 6.33 Å². The van der Waals surface area contributed by atoms with E-state index in [2.05, 4.69) is 27.6 Å². The van der Waals surface area contributed by atoms with Gasteiger partial charge < -0.3 is 10.5 Å². The molecule has 0 bridgehead atoms. The maximum absolute atomic E-state index is 14.7. The molecule has 1 fully saturated rings. The van der Waals surface area contributed by atoms with Gasteiger partial charge in [0.15, 0.2) is 17.7 Å². The van der Waals surface area contributed by atoms with Crippen LogP contribution in [-0.4, -0.2) is 37.0 Å². The lowest BCUT2D eigenvalue weighted by Crippen LogP contribution is -2.25. The van der Waals surface area contributed by atoms with Gasteiger partial charge in [-0.25, -0.2) is 19.3 Å². The van der Waals surface area contributed by atoms with Crippen LogP contribution in [0.15, 0.2) is 43.0 Å². The van der Waals surface area contributed by atoms with Crippen molar-refractivity contribution in [2.24, 2.45) is 0 Å². The molecule has 0 unspecified atom stereocenters. The van der Waals surface area contributed by atoms with E-state index in [1.54, 1.807) is 10.9 Å². The van der Waals surface area contributed by atoms with Gasteiger partial charge in [0, 0.05) is 6.42 Å². The van der Waals surface area contributed by atoms with Crippen LogP contribution >= 0.6 is 12.6 Å². The van der Waals surface area contributed by atoms with E-state index in [0.717, 1.165) is 5.56 Å². The van der Waals surface area contributed by atoms with Gasteiger partial charge >= 0.3 is 0 Å². The first-order valence-electron chi connectivity index (χ1n) is 7.59. The molecule has 1 saturated heterocycles. The summed E-state index contributed by atoms with van der Waals surface area (Å²) in [4.78, 5) is 12.3. The third-order valence-corrected chi connectivity index (χ3v) is 4.77. The summed E-state index contributed by atoms with van der Waals surface area (Å²) in [6, 6.07) is 9.69. The number of imidazole rings is 1. The van der Waals surface area contributed by atoms with Crippen molar-refractivity contribution in [2.75, 3.05) is 5.73 Å². The zero-order chi connectivity index (χ0) is 16.7. The molecule has 0 aliphatic carbocycles. The Kier molecular flexibility index (Phi) is 3.85. The smallest absolute Gasteiger partial charge is 0.167 e. The Labute approximate surface area is 143 Å². The number of nitrogens with zero attached hydrogens (tertiary/aromatic N) is 4. The van der Waals surface area contributed by atoms with Gasteiger partial charge in [0.1, 0.15) is 18.0 Å². The molecule has 24 heavy (non-hydrogen) atoms. The van der Waals surface area contributed by atoms with Crippen molar-refractivity contribution in [3.8, 4) is 0 Å². The fourth-order valence-electron chi connectivity index (χ4n) is 3.01. The van der Waals surface area contributed by atoms with E-state index in [-0.39, 0.29) is 5.82 Å². The Morgan fingerprint density at radius 1 is 1.21 bits per heavy atom. The SMILES string of the molecule is Nc1ncnc2c1ncn2[C@@H]1O[C@H](Cc2ccccc2)[C@@H](F)[C@H]1S. The van der Waals surface area contributed by atoms with Gasteiger partial charge in [-0.15, -0.1) is 0 Å². The van der Waals surface area contributed by atoms with Gasteiger partial charge in [0.25, 0.3) is 0 Å². The summed E-state index contributed by atoms with van der Waals surface area (Å²) in [5.74, 6) is 0.282. The van der Waals surface area contributed by atoms with Crippen LogP contribution in [0.2, 0.25) is 0 Å². The second-order valence-corrected chi connectivity index (χ2v) is 6.37. The fourth-order valence-corrected chi connectivity index (χ4v) is 3.41. The number of anilines is 1. The average molecular weight is 345 g/mol. The quantitative estimate of drug-likeness (QED) is 0.712. The highest BCUT2D eigenvalue weighted by Crippen LogP contribution is 2.37. The van der Waals surface area contributed by atoms with Crippen molar-refractivity contribution in [3.05, 3.63) is 48.5 Å². The number of ether oxygens (including phenoxy) is 1. The summed E-state index contributed by atoms with van der Waals surface area (Å²) < 4.78 is 22.3. The third kappa shape index (κ3) is 2.51. The number of nitrogen functional groups attached to an aromatic ring is 1. The lowest BCUT2D eigenvalue weighted by molar-refractivity contribution is -0.00451. The summed E-state index contributed by atoms with van der Waals surface area (Å²) in [7, 11) is 0. The van der Waals surface area contributed by atoms with E-state index in [9.17, 15) is 4.39 Å². The summed E-state index contributed by atoms with van der Waals surface area (Å²) in [5, 5.41) is -0.618. The first kappa shape index (κ1) is 15.3. The molecule has 3 aromatic rings. The topological polar surface area (TPSA) is 78.9 Å². The lowest BCUT2D eigenvalue weighted by atomic mass is 10.0. The number of fused-ring (bicyclic) bond motifs is 1. The van der Waals surface area contributed by atoms with Crippen LogP contribution < -0.4 is 5.73 Å². The number of benzene rings is 1. The minimum Gasteiger partial charge on any atom is -0.382 e. The van der Waals surface area contributed by atoms with Crippen LogP contribution in [0.25, 0.3) is 11.2 Å². The highest BCUT2D eigenvalue weighted by Gasteiger charge is 2.44. The Bertz CT molecular complexity index is 858. The molecule has 4 atom stereocenters. The molecule has 0 radical (unpaired) electrons. The van der Waals surface area contributed by atoms with Crippen molar-refractivity contribution in [3.63, 3.8) is 0 Å². The predicted octanol–water partition coefficient (Wildman–Crippen LogP) is 2.19. The highest BCUT2D eigenvalue weighted by atomic mass is 32.1. The second-order valence-electron chi connectivity index (χ2n) is 5.77. The molecular formula is C16H16FN5OS. The Balaban J connectivity index is 1.63. The molecule has 6 nitrogen and oxygen atoms in total. The number of thiol groups is 1. The molecule has 2 aromatic heterocycles. The highest BCUT2D eigenvalue weighted by molar-refractivity contribution is 7.81. The van der Waals surface area contributed by atoms with Crippen LogP contribution in [0.4, 0.5) is 10.2 Å². The second kappa shape index (κ2) is 6.03. The standard InChI is InChI=1S/C16H16FN5OS/c17-11-10(6-9-4-2-1-3-5-9)23-16(13(11)24)22-8-21-12-14(18)19-7-20-15(12)22/h1-5,7-8,10-11,13,16,24H,6H2,(H2,18,19,20)/t10-,11-,13-,16-/m1/s1. The molecular weight excluding hydrogens is 329 g/mol. The number of rotatable bonds is 3. The lowest BCUT2D eigenvalue weighted by Gasteiger charge is -2.16. The van der Waals surface area contributed by atoms with Gasteiger partial charge in [-0.1, -0.05) is 30.3 Å². The molecule has 0 spiro atoms. The summed E-state index contributed by atoms with van der Waals surface area (Å²) in [6.07, 6.45) is 1.01. The van der Waals surface area contributed by atoms with Crippen LogP contribution in [-0.2, 0) is 11.2 Å². The molecule has 4 rings (SSSR count). The van der Waals surface area contributed by atoms with Gasteiger partial charge in [0.05, 0.1) is 17.7 Å². The first-order chi connectivity index (χ1) is 11.6. The Hall–Kier alpha value is -2.19. The zero-order valence-corrected chi connectivity index (χ0v) is 13.6. The first-order valence-corrected chi connectivity index (χ1v) is 8.11. The zero-order valence-electron chi connectivity index (χ0n) is 12.7. The summed E-state index contributed by atoms with van der Waals surface area (Å²) in [5.41, 5.74) is 7.81. The van der Waals surface area contributed by atoms with Crippen molar-refractivity contribution in [1.29, 1.82) is 0 Å². The van der Waals surface area contributed by atoms with Crippen molar-refractivity contribution in [1.82, 2.24) is 19.5 Å². The molecule has 0 saturated carbocycles. The number of aromatic nitrogens is 4. The summed E-state index contributed by atoms with van der Waals surface area (Å²) >= 11 is 4.42. The molecule has 2 N–H and O–H groups in total. The van der Waals surface area contributed by atoms with E-state index in [0.29, 0.717) is 17.6 Å². The van der Waals surface area contributed by atoms with Crippen molar-refractivity contribution in [2.45, 2.75) is 30.2 Å². The number of hydrogen-bond donors (Lipinski definition) is 2. The predicted molar refractivity (Wildman–Crippen MR) is 91.5 cm³/mol. The molecule has 1 aliphatic rings. The van der Waals surface area contributed by atoms with Gasteiger partial charge in [-0.05, 0) is 5.56 Å². The fraction of sp³-hybridized carbons (Fsp3) is 0.312. The van der Waals surface area contributed by atoms with Gasteiger partial charge in [0.2, 0.25) is 0 Å². The van der Waals surface area contributed by atoms with Crippen LogP contribution in [0.3, 0.4) is 0 Å². The van der Waals surface area contributed by atoms with Crippen molar-refractivity contribution < 1.29 is 9.13 Å². The van der Waals surface area contributed by atoms with Crippen LogP contribution in [0.1, 0.15) is 11.8 Å². The maximum Gasteiger partial charge on any atom is 0.167 e. The monoisotopic (exact) mass is 345 g/mol. The molecule has 3 heterocycles. The van der Waals surface area contributed by atoms with E-state index in [1.807, 2.05) is 30.3 Å². The number of nitrogens with two attached hydrogens (primary N) is 1. The molecule has 1 aromatic carbocycles. The number of hydrogen-bond acceptors (Lipinski definition) is 6. The Morgan fingerprint density at radius 2 is 2.00 bits per heavy atom. The number of alkyl halides is 1. The summed E-state index contributed by atoms with van der Waals surface area (Å²) in [6.45, 7) is 0. The van der Waals surface area contributed by atoms with E-state index in [4.69, 9.17) is 10.5 Å². The van der Waals surface area contributed by atoms with E-state index >= 15 is 0 Å². The molecule has 124 valence electrons. The normalized spacial score (nSPS) is 26.9. The molecule has 1 aliphatic heterocycles. The minimum atomic E-state index is -1.20. The van der Waals surface area contributed by atoms with Gasteiger partial charge in [-0.3, -0.25) is 4.57 Å².